The van der Waals surface area contributed by atoms with Gasteiger partial charge in [-0.15, -0.1) is 0 Å². The molecule has 0 saturated carbocycles. The van der Waals surface area contributed by atoms with Crippen molar-refractivity contribution in [2.24, 2.45) is 0 Å². The van der Waals surface area contributed by atoms with Crippen molar-refractivity contribution in [1.82, 2.24) is 0 Å². The first-order chi connectivity index (χ1) is 3.21. The Morgan fingerprint density at radius 3 is 1.86 bits per heavy atom. The van der Waals surface area contributed by atoms with Crippen molar-refractivity contribution in [3.63, 3.8) is 0 Å². The Labute approximate surface area is 55.7 Å². The molecule has 1 heteroatoms. The van der Waals surface area contributed by atoms with Crippen LogP contribution in [0.4, 0.5) is 0 Å². The van der Waals surface area contributed by atoms with Gasteiger partial charge < -0.3 is 0 Å². The van der Waals surface area contributed by atoms with Crippen LogP contribution in [-0.4, -0.2) is 0 Å². The van der Waals surface area contributed by atoms with Crippen LogP contribution >= 0.6 is 0 Å². The van der Waals surface area contributed by atoms with E-state index in [1.165, 1.54) is 0 Å². The topological polar surface area (TPSA) is 0 Å². The molecule has 0 N–H and O–H groups in total. The molecule has 0 nitrogen and oxygen atoms in total. The first kappa shape index (κ1) is 5.33. The monoisotopic (exact) mass is 127 g/mol. The van der Waals surface area contributed by atoms with Crippen molar-refractivity contribution in [3.05, 3.63) is 24.3 Å². The second-order valence-electron chi connectivity index (χ2n) is 2.00. The van der Waals surface area contributed by atoms with Gasteiger partial charge in [-0.3, -0.25) is 0 Å². The minimum atomic E-state index is 0.333. The molecule has 0 aromatic carbocycles. The van der Waals surface area contributed by atoms with Crippen LogP contribution in [0.5, 0.6) is 0 Å². The Morgan fingerprint density at radius 1 is 1.29 bits per heavy atom. The van der Waals surface area contributed by atoms with E-state index in [9.17, 15) is 0 Å². The van der Waals surface area contributed by atoms with Gasteiger partial charge in [0, 0.05) is 0 Å². The second-order valence-corrected chi connectivity index (χ2v) is 3.68. The van der Waals surface area contributed by atoms with Crippen LogP contribution in [0.25, 0.3) is 0 Å². The van der Waals surface area contributed by atoms with Gasteiger partial charge in [-0.2, -0.15) is 0 Å². The van der Waals surface area contributed by atoms with Crippen LogP contribution in [0.3, 0.4) is 0 Å². The molecule has 0 fully saturated rings. The summed E-state index contributed by atoms with van der Waals surface area (Å²) >= 11 is 2.19. The third kappa shape index (κ3) is 1.29. The van der Waals surface area contributed by atoms with Crippen LogP contribution < -0.4 is 0 Å². The zero-order chi connectivity index (χ0) is 5.33. The molecule has 0 unspecified atom stereocenters. The number of hydrogen-bond acceptors (Lipinski definition) is 0. The summed E-state index contributed by atoms with van der Waals surface area (Å²) in [5.41, 5.74) is 0. The van der Waals surface area contributed by atoms with E-state index in [0.717, 1.165) is 0 Å². The summed E-state index contributed by atoms with van der Waals surface area (Å²) in [6.07, 6.45) is 8.54. The molecule has 0 saturated heterocycles. The summed E-state index contributed by atoms with van der Waals surface area (Å²) in [6, 6.07) is 0. The van der Waals surface area contributed by atoms with E-state index < -0.39 is 0 Å². The summed E-state index contributed by atoms with van der Waals surface area (Å²) in [7, 11) is 0. The molecule has 35 valence electrons. The molecule has 0 atom stereocenters. The average molecular weight is 127 g/mol. The van der Waals surface area contributed by atoms with E-state index in [1.807, 2.05) is 0 Å². The van der Waals surface area contributed by atoms with Gasteiger partial charge in [-0.1, -0.05) is 0 Å². The Kier molecular flexibility index (Phi) is 1.23. The van der Waals surface area contributed by atoms with Crippen molar-refractivity contribution < 1.29 is 20.4 Å². The minimum absolute atomic E-state index is 0.333. The first-order valence-corrected chi connectivity index (χ1v) is 3.11. The molecule has 0 amide bonds. The zero-order valence-corrected chi connectivity index (χ0v) is 5.87. The summed E-state index contributed by atoms with van der Waals surface area (Å²) in [5.74, 6) is 0. The maximum atomic E-state index is 2.19. The van der Waals surface area contributed by atoms with Gasteiger partial charge in [0.15, 0.2) is 0 Å². The SMILES string of the molecule is C[C]1([Ti])C=CC=C1. The standard InChI is InChI=1S/C6H7.Ti/c1-6-4-2-3-5-6;/h2-5H,1H3;. The summed E-state index contributed by atoms with van der Waals surface area (Å²) in [5, 5.41) is 0. The quantitative estimate of drug-likeness (QED) is 0.435. The molecule has 0 radical (unpaired) electrons. The number of hydrogen-bond donors (Lipinski definition) is 0. The molecule has 1 aliphatic rings. The van der Waals surface area contributed by atoms with E-state index in [0.29, 0.717) is 3.72 Å². The fraction of sp³-hybridized carbons (Fsp3) is 0.333. The molecule has 0 aromatic heterocycles. The van der Waals surface area contributed by atoms with Crippen LogP contribution in [-0.2, 0) is 20.4 Å². The molecule has 0 bridgehead atoms. The van der Waals surface area contributed by atoms with Crippen molar-refractivity contribution >= 4 is 0 Å². The van der Waals surface area contributed by atoms with Gasteiger partial charge in [0.1, 0.15) is 0 Å². The Balaban J connectivity index is 2.77. The van der Waals surface area contributed by atoms with Gasteiger partial charge >= 0.3 is 55.4 Å². The molecule has 0 spiro atoms. The molecular formula is C6H7Ti. The Bertz CT molecular complexity index is 106. The fourth-order valence-electron chi connectivity index (χ4n) is 0.566. The second kappa shape index (κ2) is 1.61. The summed E-state index contributed by atoms with van der Waals surface area (Å²) < 4.78 is 0.333. The van der Waals surface area contributed by atoms with E-state index in [1.54, 1.807) is 0 Å². The van der Waals surface area contributed by atoms with E-state index >= 15 is 0 Å². The Morgan fingerprint density at radius 2 is 1.71 bits per heavy atom. The maximum absolute atomic E-state index is 2.19. The van der Waals surface area contributed by atoms with Crippen LogP contribution in [0.15, 0.2) is 24.3 Å². The number of rotatable bonds is 0. The van der Waals surface area contributed by atoms with Crippen LogP contribution in [0.2, 0.25) is 3.72 Å². The molecule has 7 heavy (non-hydrogen) atoms. The van der Waals surface area contributed by atoms with Gasteiger partial charge in [0.25, 0.3) is 0 Å². The molecule has 0 aromatic rings. The normalized spacial score (nSPS) is 23.4. The predicted octanol–water partition coefficient (Wildman–Crippen LogP) is 1.84. The van der Waals surface area contributed by atoms with Crippen molar-refractivity contribution in [2.75, 3.05) is 0 Å². The zero-order valence-electron chi connectivity index (χ0n) is 4.31. The summed E-state index contributed by atoms with van der Waals surface area (Å²) in [6.45, 7) is 2.19. The van der Waals surface area contributed by atoms with Gasteiger partial charge in [-0.25, -0.2) is 0 Å². The van der Waals surface area contributed by atoms with E-state index in [4.69, 9.17) is 0 Å². The van der Waals surface area contributed by atoms with E-state index in [-0.39, 0.29) is 0 Å². The third-order valence-corrected chi connectivity index (χ3v) is 1.52. The fourth-order valence-corrected chi connectivity index (χ4v) is 0.867. The molecular weight excluding hydrogens is 120 g/mol. The van der Waals surface area contributed by atoms with Gasteiger partial charge in [0.05, 0.1) is 0 Å². The predicted molar refractivity (Wildman–Crippen MR) is 26.6 cm³/mol. The van der Waals surface area contributed by atoms with Crippen LogP contribution in [0, 0.1) is 0 Å². The molecule has 1 aliphatic carbocycles. The number of allylic oxidation sites excluding steroid dienone is 4. The van der Waals surface area contributed by atoms with E-state index in [2.05, 4.69) is 51.7 Å². The van der Waals surface area contributed by atoms with Gasteiger partial charge in [-0.05, 0) is 0 Å². The van der Waals surface area contributed by atoms with Crippen LogP contribution in [0.1, 0.15) is 6.92 Å². The first-order valence-electron chi connectivity index (χ1n) is 2.33. The molecule has 0 heterocycles. The average Bonchev–Trinajstić information content (AvgIpc) is 1.84. The Hall–Kier alpha value is 0.194. The molecule has 1 rings (SSSR count). The summed E-state index contributed by atoms with van der Waals surface area (Å²) in [4.78, 5) is 0. The van der Waals surface area contributed by atoms with Crippen molar-refractivity contribution in [2.45, 2.75) is 10.6 Å². The van der Waals surface area contributed by atoms with Crippen molar-refractivity contribution in [3.8, 4) is 0 Å². The van der Waals surface area contributed by atoms with Crippen molar-refractivity contribution in [1.29, 1.82) is 0 Å². The third-order valence-electron chi connectivity index (χ3n) is 0.996. The van der Waals surface area contributed by atoms with Gasteiger partial charge in [0.2, 0.25) is 0 Å². The molecule has 0 aliphatic heterocycles.